The van der Waals surface area contributed by atoms with Crippen LogP contribution in [0.1, 0.15) is 38.4 Å². The summed E-state index contributed by atoms with van der Waals surface area (Å²) in [5.41, 5.74) is 6.93. The van der Waals surface area contributed by atoms with Gasteiger partial charge in [0.1, 0.15) is 19.2 Å². The summed E-state index contributed by atoms with van der Waals surface area (Å²) in [7, 11) is 0.312. The monoisotopic (exact) mass is 581 g/mol. The van der Waals surface area contributed by atoms with Crippen molar-refractivity contribution in [1.82, 2.24) is 14.3 Å². The lowest BCUT2D eigenvalue weighted by Crippen LogP contribution is -2.25. The Morgan fingerprint density at radius 3 is 2.52 bits per heavy atom. The molecule has 7 nitrogen and oxygen atoms in total. The Bertz CT molecular complexity index is 1340. The van der Waals surface area contributed by atoms with Gasteiger partial charge in [-0.2, -0.15) is 5.10 Å². The average Bonchev–Trinajstić information content (AvgIpc) is 3.39. The number of nitrogens with zero attached hydrogens (tertiary/aromatic N) is 4. The first-order valence-electron chi connectivity index (χ1n) is 14.7. The summed E-state index contributed by atoms with van der Waals surface area (Å²) in [4.78, 5) is 13.8. The molecule has 0 N–H and O–H groups in total. The highest BCUT2D eigenvalue weighted by atomic mass is 28.3. The molecule has 0 unspecified atom stereocenters. The topological polar surface area (TPSA) is 61.5 Å². The number of anilines is 1. The second kappa shape index (κ2) is 12.3. The van der Waals surface area contributed by atoms with E-state index in [2.05, 4.69) is 74.0 Å². The van der Waals surface area contributed by atoms with E-state index in [0.717, 1.165) is 72.5 Å². The molecule has 1 aromatic carbocycles. The quantitative estimate of drug-likeness (QED) is 0.170. The van der Waals surface area contributed by atoms with Crippen molar-refractivity contribution < 1.29 is 14.3 Å². The third kappa shape index (κ3) is 7.35. The summed E-state index contributed by atoms with van der Waals surface area (Å²) in [6.45, 7) is 20.6. The number of hydrogen-bond acceptors (Lipinski definition) is 4. The molecular weight excluding hydrogens is 533 g/mol. The normalized spacial score (nSPS) is 15.2. The zero-order valence-corrected chi connectivity index (χ0v) is 28.2. The molecule has 0 bridgehead atoms. The van der Waals surface area contributed by atoms with Crippen LogP contribution in [0.4, 0.5) is 5.69 Å². The molecule has 0 aliphatic heterocycles. The number of hydrogen-bond donors (Lipinski definition) is 0. The van der Waals surface area contributed by atoms with Gasteiger partial charge in [0, 0.05) is 66.4 Å². The van der Waals surface area contributed by atoms with Crippen molar-refractivity contribution >= 4 is 39.4 Å². The van der Waals surface area contributed by atoms with Crippen molar-refractivity contribution in [1.29, 1.82) is 0 Å². The second-order valence-electron chi connectivity index (χ2n) is 13.7. The summed E-state index contributed by atoms with van der Waals surface area (Å²) in [5.74, 6) is 0.0130. The van der Waals surface area contributed by atoms with Gasteiger partial charge in [0.25, 0.3) is 0 Å². The van der Waals surface area contributed by atoms with Crippen LogP contribution < -0.4 is 4.90 Å². The maximum absolute atomic E-state index is 12.1. The maximum Gasteiger partial charge on any atom is 0.223 e. The fraction of sp³-hybridized carbons (Fsp3) is 0.613. The minimum Gasteiger partial charge on any atom is -0.361 e. The number of rotatable bonds is 12. The Labute approximate surface area is 243 Å². The number of aromatic nitrogens is 3. The Morgan fingerprint density at radius 1 is 1.12 bits per heavy atom. The lowest BCUT2D eigenvalue weighted by molar-refractivity contribution is -0.116. The molecule has 0 saturated heterocycles. The second-order valence-corrected chi connectivity index (χ2v) is 22.3. The number of carbonyl (C=O) groups excluding carboxylic acids is 1. The van der Waals surface area contributed by atoms with Crippen LogP contribution in [0.5, 0.6) is 0 Å². The molecule has 219 valence electrons. The molecule has 1 radical (unpaired) electrons. The Morgan fingerprint density at radius 2 is 1.85 bits per heavy atom. The zero-order valence-electron chi connectivity index (χ0n) is 26.2. The fourth-order valence-corrected chi connectivity index (χ4v) is 6.55. The summed E-state index contributed by atoms with van der Waals surface area (Å²) >= 11 is 0. The van der Waals surface area contributed by atoms with Crippen LogP contribution in [0, 0.1) is 5.41 Å². The van der Waals surface area contributed by atoms with Crippen molar-refractivity contribution in [3.8, 4) is 11.4 Å². The first-order chi connectivity index (χ1) is 18.8. The third-order valence-electron chi connectivity index (χ3n) is 8.03. The molecule has 2 aromatic heterocycles. The molecule has 1 amide bonds. The van der Waals surface area contributed by atoms with Crippen molar-refractivity contribution in [3.63, 3.8) is 0 Å². The first kappa shape index (κ1) is 30.7. The Kier molecular flexibility index (Phi) is 9.49. The predicted octanol–water partition coefficient (Wildman–Crippen LogP) is 7.04. The summed E-state index contributed by atoms with van der Waals surface area (Å²) in [6.07, 6.45) is 3.14. The molecule has 4 rings (SSSR count). The van der Waals surface area contributed by atoms with Gasteiger partial charge in [-0.25, -0.2) is 4.68 Å². The fourth-order valence-electron chi connectivity index (χ4n) is 5.24. The summed E-state index contributed by atoms with van der Waals surface area (Å²) < 4.78 is 16.8. The molecule has 3 aromatic rings. The van der Waals surface area contributed by atoms with Gasteiger partial charge < -0.3 is 18.9 Å². The van der Waals surface area contributed by atoms with Gasteiger partial charge in [-0.05, 0) is 55.0 Å². The van der Waals surface area contributed by atoms with Crippen LogP contribution in [0.3, 0.4) is 0 Å². The Balaban J connectivity index is 1.76. The first-order valence-corrected chi connectivity index (χ1v) is 21.1. The number of fused-ring (bicyclic) bond motifs is 2. The highest BCUT2D eigenvalue weighted by Crippen LogP contribution is 2.40. The third-order valence-corrected chi connectivity index (χ3v) is 10.9. The van der Waals surface area contributed by atoms with Gasteiger partial charge in [-0.3, -0.25) is 4.79 Å². The largest absolute Gasteiger partial charge is 0.361 e. The van der Waals surface area contributed by atoms with Crippen molar-refractivity contribution in [2.45, 2.75) is 98.3 Å². The highest BCUT2D eigenvalue weighted by molar-refractivity contribution is 6.76. The van der Waals surface area contributed by atoms with Crippen LogP contribution in [-0.2, 0) is 40.6 Å². The molecule has 0 saturated carbocycles. The van der Waals surface area contributed by atoms with Crippen LogP contribution in [0.25, 0.3) is 22.3 Å². The summed E-state index contributed by atoms with van der Waals surface area (Å²) in [5, 5.41) is 6.35. The zero-order chi connectivity index (χ0) is 29.2. The Hall–Kier alpha value is -2.21. The van der Waals surface area contributed by atoms with Gasteiger partial charge in [0.2, 0.25) is 5.91 Å². The van der Waals surface area contributed by atoms with Crippen molar-refractivity contribution in [3.05, 3.63) is 35.5 Å². The lowest BCUT2D eigenvalue weighted by atomic mass is 9.76. The van der Waals surface area contributed by atoms with Gasteiger partial charge in [0.05, 0.1) is 11.2 Å². The van der Waals surface area contributed by atoms with E-state index in [1.54, 1.807) is 11.8 Å². The van der Waals surface area contributed by atoms with Crippen LogP contribution in [-0.4, -0.2) is 57.4 Å². The van der Waals surface area contributed by atoms with E-state index in [4.69, 9.17) is 14.6 Å². The highest BCUT2D eigenvalue weighted by Gasteiger charge is 2.32. The van der Waals surface area contributed by atoms with Crippen LogP contribution in [0.15, 0.2) is 24.3 Å². The van der Waals surface area contributed by atoms with Crippen LogP contribution >= 0.6 is 0 Å². The van der Waals surface area contributed by atoms with E-state index < -0.39 is 8.07 Å². The van der Waals surface area contributed by atoms with Gasteiger partial charge in [-0.1, -0.05) is 52.6 Å². The number of ether oxygens (including phenoxy) is 2. The molecule has 1 aliphatic carbocycles. The predicted molar refractivity (Wildman–Crippen MR) is 170 cm³/mol. The number of benzene rings is 1. The van der Waals surface area contributed by atoms with E-state index >= 15 is 0 Å². The van der Waals surface area contributed by atoms with E-state index in [-0.39, 0.29) is 20.1 Å². The van der Waals surface area contributed by atoms with E-state index in [0.29, 0.717) is 13.5 Å². The maximum atomic E-state index is 12.1. The summed E-state index contributed by atoms with van der Waals surface area (Å²) in [6, 6.07) is 10.7. The molecule has 1 aliphatic rings. The minimum atomic E-state index is -1.16. The molecule has 40 heavy (non-hydrogen) atoms. The molecule has 0 fully saturated rings. The minimum absolute atomic E-state index is 0.0130. The van der Waals surface area contributed by atoms with Gasteiger partial charge >= 0.3 is 0 Å². The average molecular weight is 582 g/mol. The van der Waals surface area contributed by atoms with E-state index in [1.807, 2.05) is 13.1 Å². The van der Waals surface area contributed by atoms with Crippen molar-refractivity contribution in [2.24, 2.45) is 5.41 Å². The lowest BCUT2D eigenvalue weighted by Gasteiger charge is -2.30. The molecular formula is C31H49N4O3Si2. The van der Waals surface area contributed by atoms with Crippen LogP contribution in [0.2, 0.25) is 44.8 Å². The molecule has 0 atom stereocenters. The SMILES string of the molecule is CC(=O)N(C)c1ccc2cc(-c3nn(COCC[Si](C)(C)C)c4c3CCC(C)(C)C4)n(COCC[Si](C)C)c2c1. The van der Waals surface area contributed by atoms with Gasteiger partial charge in [0.15, 0.2) is 0 Å². The standard InChI is InChI=1S/C31H49N4O3Si2/c1-23(36)33(4)25-11-10-24-18-28(34(27(24)19-25)21-37-14-16-39(5)6)30-26-12-13-31(2,3)20-29(26)35(32-30)22-38-15-17-40(7,8)9/h10-11,18-19H,12-17,20-22H2,1-9H3. The smallest absolute Gasteiger partial charge is 0.223 e. The van der Waals surface area contributed by atoms with Gasteiger partial charge in [-0.15, -0.1) is 0 Å². The molecule has 2 heterocycles. The van der Waals surface area contributed by atoms with Crippen molar-refractivity contribution in [2.75, 3.05) is 25.2 Å². The van der Waals surface area contributed by atoms with E-state index in [1.165, 1.54) is 11.3 Å². The molecule has 9 heteroatoms. The molecule has 0 spiro atoms. The van der Waals surface area contributed by atoms with E-state index in [9.17, 15) is 4.79 Å². The number of carbonyl (C=O) groups is 1. The number of amides is 1.